The van der Waals surface area contributed by atoms with Crippen molar-refractivity contribution in [3.8, 4) is 0 Å². The topological polar surface area (TPSA) is 270 Å². The van der Waals surface area contributed by atoms with Crippen LogP contribution in [0.2, 0.25) is 0 Å². The lowest BCUT2D eigenvalue weighted by atomic mass is 10.1. The number of phosphoric acid groups is 3. The molecule has 1 saturated heterocycles. The van der Waals surface area contributed by atoms with Crippen LogP contribution in [-0.2, 0) is 37.8 Å². The Bertz CT molecular complexity index is 1090. The van der Waals surface area contributed by atoms with Gasteiger partial charge in [-0.1, -0.05) is 0 Å². The number of ether oxygens (including phenoxy) is 1. The van der Waals surface area contributed by atoms with Crippen LogP contribution in [0.25, 0.3) is 0 Å². The molecule has 1 aliphatic rings. The Morgan fingerprint density at radius 1 is 1.09 bits per heavy atom. The fourth-order valence-corrected chi connectivity index (χ4v) is 5.48. The van der Waals surface area contributed by atoms with E-state index in [1.807, 2.05) is 0 Å². The van der Waals surface area contributed by atoms with Crippen LogP contribution in [0.5, 0.6) is 0 Å². The summed E-state index contributed by atoms with van der Waals surface area (Å²) < 4.78 is 88.8. The number of hydrogen-bond donors (Lipinski definition) is 7. The molecule has 1 aromatic heterocycles. The van der Waals surface area contributed by atoms with Crippen LogP contribution in [0, 0.1) is 0 Å². The summed E-state index contributed by atoms with van der Waals surface area (Å²) in [5, 5.41) is 20.0. The minimum atomic E-state index is -5.84. The van der Waals surface area contributed by atoms with Crippen LogP contribution < -0.4 is 11.4 Å². The van der Waals surface area contributed by atoms with Crippen molar-refractivity contribution < 1.29 is 74.5 Å². The van der Waals surface area contributed by atoms with Gasteiger partial charge in [0, 0.05) is 6.20 Å². The summed E-state index contributed by atoms with van der Waals surface area (Å²) in [6, 6.07) is 0. The van der Waals surface area contributed by atoms with Crippen molar-refractivity contribution >= 4 is 29.3 Å². The maximum Gasteiger partial charge on any atom is 0.490 e. The molecular weight excluding hydrogens is 536 g/mol. The summed E-state index contributed by atoms with van der Waals surface area (Å²) in [6.07, 6.45) is -12.9. The average Bonchev–Trinajstić information content (AvgIpc) is 2.84. The van der Waals surface area contributed by atoms with E-state index in [2.05, 4.69) is 18.1 Å². The molecule has 17 nitrogen and oxygen atoms in total. The highest BCUT2D eigenvalue weighted by Gasteiger charge is 2.47. The van der Waals surface area contributed by atoms with Crippen LogP contribution in [-0.4, -0.2) is 64.3 Å². The summed E-state index contributed by atoms with van der Waals surface area (Å²) in [6.45, 7) is -1.25. The molecule has 8 N–H and O–H groups in total. The fourth-order valence-electron chi connectivity index (χ4n) is 2.45. The summed E-state index contributed by atoms with van der Waals surface area (Å²) in [5.74, 6) is -1.18. The van der Waals surface area contributed by atoms with Crippen molar-refractivity contribution in [3.63, 3.8) is 0 Å². The number of nitrogens with zero attached hydrogens (tertiary/aromatic N) is 2. The third kappa shape index (κ3) is 7.37. The highest BCUT2D eigenvalue weighted by molar-refractivity contribution is 7.66. The van der Waals surface area contributed by atoms with E-state index in [0.29, 0.717) is 0 Å². The van der Waals surface area contributed by atoms with E-state index >= 15 is 0 Å². The minimum Gasteiger partial charge on any atom is -0.387 e. The summed E-state index contributed by atoms with van der Waals surface area (Å²) in [4.78, 5) is 50.2. The summed E-state index contributed by atoms with van der Waals surface area (Å²) >= 11 is 0. The first-order valence-electron chi connectivity index (χ1n) is 7.98. The molecule has 1 aromatic rings. The van der Waals surface area contributed by atoms with Crippen molar-refractivity contribution in [1.82, 2.24) is 9.55 Å². The Labute approximate surface area is 179 Å². The Kier molecular flexibility index (Phi) is 8.00. The minimum absolute atomic E-state index is 0.137. The lowest BCUT2D eigenvalue weighted by Crippen LogP contribution is -2.37. The molecule has 2 rings (SSSR count). The number of anilines is 1. The maximum absolute atomic E-state index is 13.0. The van der Waals surface area contributed by atoms with Crippen molar-refractivity contribution in [2.24, 2.45) is 0 Å². The Morgan fingerprint density at radius 2 is 1.67 bits per heavy atom. The van der Waals surface area contributed by atoms with Gasteiger partial charge in [-0.15, -0.1) is 0 Å². The number of phosphoric ester groups is 1. The van der Waals surface area contributed by atoms with Crippen molar-refractivity contribution in [3.05, 3.63) is 22.2 Å². The number of nitrogen functional groups attached to an aromatic ring is 1. The van der Waals surface area contributed by atoms with Gasteiger partial charge in [0.1, 0.15) is 29.7 Å². The molecule has 2 unspecified atom stereocenters. The smallest absolute Gasteiger partial charge is 0.387 e. The number of alkyl halides is 3. The zero-order valence-electron chi connectivity index (χ0n) is 15.5. The molecule has 6 atom stereocenters. The second-order valence-corrected chi connectivity index (χ2v) is 10.6. The fraction of sp³-hybridized carbons (Fsp3) is 0.600. The molecule has 1 aliphatic heterocycles. The highest BCUT2D eigenvalue weighted by atomic mass is 31.3. The molecule has 23 heteroatoms. The van der Waals surface area contributed by atoms with Gasteiger partial charge in [-0.05, 0) is 0 Å². The molecular formula is C10H15F3N3O14P3. The van der Waals surface area contributed by atoms with E-state index in [1.165, 1.54) is 0 Å². The summed E-state index contributed by atoms with van der Waals surface area (Å²) in [5.41, 5.74) is 2.05. The Morgan fingerprint density at radius 3 is 2.18 bits per heavy atom. The van der Waals surface area contributed by atoms with Gasteiger partial charge in [0.15, 0.2) is 6.23 Å². The number of aliphatic hydroxyl groups excluding tert-OH is 2. The van der Waals surface area contributed by atoms with E-state index in [4.69, 9.17) is 25.2 Å². The first-order valence-corrected chi connectivity index (χ1v) is 12.5. The van der Waals surface area contributed by atoms with E-state index in [0.717, 1.165) is 0 Å². The lowest BCUT2D eigenvalue weighted by molar-refractivity contribution is -0.138. The maximum atomic E-state index is 13.0. The van der Waals surface area contributed by atoms with Crippen LogP contribution in [0.4, 0.5) is 19.0 Å². The van der Waals surface area contributed by atoms with Gasteiger partial charge >= 0.3 is 35.3 Å². The predicted molar refractivity (Wildman–Crippen MR) is 93.7 cm³/mol. The van der Waals surface area contributed by atoms with Crippen LogP contribution in [0.1, 0.15) is 11.8 Å². The monoisotopic (exact) mass is 551 g/mol. The van der Waals surface area contributed by atoms with E-state index in [1.54, 1.807) is 0 Å². The average molecular weight is 551 g/mol. The zero-order valence-corrected chi connectivity index (χ0v) is 18.2. The highest BCUT2D eigenvalue weighted by Crippen LogP contribution is 2.66. The molecule has 0 saturated carbocycles. The molecule has 0 aromatic carbocycles. The predicted octanol–water partition coefficient (Wildman–Crippen LogP) is -1.19. The molecule has 0 radical (unpaired) electrons. The molecule has 2 heterocycles. The zero-order chi connectivity index (χ0) is 25.6. The molecule has 1 fully saturated rings. The Hall–Kier alpha value is -1.24. The normalized spacial score (nSPS) is 27.8. The van der Waals surface area contributed by atoms with Gasteiger partial charge in [0.05, 0.1) is 6.61 Å². The molecule has 0 aliphatic carbocycles. The quantitative estimate of drug-likeness (QED) is 0.187. The number of rotatable bonds is 8. The van der Waals surface area contributed by atoms with Gasteiger partial charge < -0.3 is 40.3 Å². The van der Waals surface area contributed by atoms with Crippen molar-refractivity contribution in [2.75, 3.05) is 12.3 Å². The lowest BCUT2D eigenvalue weighted by Gasteiger charge is -2.20. The van der Waals surface area contributed by atoms with E-state index in [9.17, 15) is 46.8 Å². The molecule has 33 heavy (non-hydrogen) atoms. The number of halogens is 3. The third-order valence-corrected chi connectivity index (χ3v) is 7.52. The molecule has 190 valence electrons. The molecule has 0 amide bonds. The van der Waals surface area contributed by atoms with E-state index < -0.39 is 77.9 Å². The second-order valence-electron chi connectivity index (χ2n) is 6.16. The van der Waals surface area contributed by atoms with Gasteiger partial charge in [-0.3, -0.25) is 9.09 Å². The molecule has 0 bridgehead atoms. The van der Waals surface area contributed by atoms with Gasteiger partial charge in [-0.2, -0.15) is 26.8 Å². The van der Waals surface area contributed by atoms with Crippen molar-refractivity contribution in [1.29, 1.82) is 0 Å². The van der Waals surface area contributed by atoms with Crippen LogP contribution in [0.3, 0.4) is 0 Å². The van der Waals surface area contributed by atoms with Gasteiger partial charge in [-0.25, -0.2) is 18.5 Å². The number of nitrogens with two attached hydrogens (primary N) is 1. The number of aliphatic hydroxyl groups is 2. The van der Waals surface area contributed by atoms with Crippen molar-refractivity contribution in [2.45, 2.75) is 30.7 Å². The summed E-state index contributed by atoms with van der Waals surface area (Å²) in [7, 11) is -17.1. The number of aromatic nitrogens is 2. The van der Waals surface area contributed by atoms with Gasteiger partial charge in [0.2, 0.25) is 0 Å². The number of hydrogen-bond acceptors (Lipinski definition) is 12. The van der Waals surface area contributed by atoms with Crippen LogP contribution >= 0.6 is 23.5 Å². The van der Waals surface area contributed by atoms with Gasteiger partial charge in [0.25, 0.3) is 0 Å². The largest absolute Gasteiger partial charge is 0.490 e. The Balaban J connectivity index is 2.17. The second kappa shape index (κ2) is 9.43. The van der Waals surface area contributed by atoms with Crippen LogP contribution in [0.15, 0.2) is 11.0 Å². The first-order chi connectivity index (χ1) is 14.7. The third-order valence-electron chi connectivity index (χ3n) is 3.72. The first kappa shape index (κ1) is 28.0. The standard InChI is InChI=1S/C10H15F3N3O14P3/c11-10(12,13)3-1-16(9(19)15-7(3)14)8-6(18)5(17)4(28-8)2-27-32(23,24)30-33(25,26)29-31(20,21)22/h1,4-6,8,17-18H,2H2,(H,23,24)(H,25,26)(H2,14,15,19)(H2,20,21,22)/t4-,5+,6+,8-/m1/s1. The van der Waals surface area contributed by atoms with E-state index in [-0.39, 0.29) is 10.8 Å². The SMILES string of the molecule is Nc1nc(=O)n([C@@H]2O[C@H](COP(=O)(O)OP(=O)(O)OP(=O)(O)O)[C@H](O)[C@@H]2O)cc1C(F)(F)F. The molecule has 0 spiro atoms.